The molecule has 1 aromatic carbocycles. The number of rotatable bonds is 5. The molecule has 0 bridgehead atoms. The third-order valence-corrected chi connectivity index (χ3v) is 5.59. The van der Waals surface area contributed by atoms with Gasteiger partial charge in [0.25, 0.3) is 0 Å². The highest BCUT2D eigenvalue weighted by molar-refractivity contribution is 9.10. The van der Waals surface area contributed by atoms with E-state index in [-0.39, 0.29) is 11.2 Å². The predicted octanol–water partition coefficient (Wildman–Crippen LogP) is 4.27. The van der Waals surface area contributed by atoms with Gasteiger partial charge in [-0.2, -0.15) is 0 Å². The molecule has 0 N–H and O–H groups in total. The van der Waals surface area contributed by atoms with E-state index in [9.17, 15) is 8.42 Å². The third-order valence-electron chi connectivity index (χ3n) is 3.81. The molecule has 1 aliphatic rings. The molecule has 0 aromatic heterocycles. The van der Waals surface area contributed by atoms with E-state index in [1.807, 2.05) is 25.1 Å². The van der Waals surface area contributed by atoms with Gasteiger partial charge in [-0.1, -0.05) is 28.8 Å². The molecule has 0 unspecified atom stereocenters. The molecule has 20 heavy (non-hydrogen) atoms. The minimum Gasteiger partial charge on any atom is -0.493 e. The Morgan fingerprint density at radius 3 is 2.55 bits per heavy atom. The lowest BCUT2D eigenvalue weighted by atomic mass is 9.90. The third kappa shape index (κ3) is 4.37. The summed E-state index contributed by atoms with van der Waals surface area (Å²) >= 11 is 3.41. The molecule has 0 aliphatic heterocycles. The smallest absolute Gasteiger partial charge is 0.233 e. The van der Waals surface area contributed by atoms with E-state index < -0.39 is 9.05 Å². The van der Waals surface area contributed by atoms with E-state index >= 15 is 0 Å². The molecule has 6 heteroatoms. The molecule has 0 radical (unpaired) electrons. The number of benzene rings is 1. The maximum Gasteiger partial charge on any atom is 0.233 e. The van der Waals surface area contributed by atoms with Gasteiger partial charge in [0.05, 0.1) is 12.4 Å². The van der Waals surface area contributed by atoms with Crippen molar-refractivity contribution in [2.75, 3.05) is 12.4 Å². The molecule has 2 rings (SSSR count). The van der Waals surface area contributed by atoms with Crippen LogP contribution in [0, 0.1) is 12.3 Å². The normalized spacial score (nSPS) is 18.1. The zero-order chi connectivity index (χ0) is 14.8. The van der Waals surface area contributed by atoms with Gasteiger partial charge in [-0.15, -0.1) is 0 Å². The van der Waals surface area contributed by atoms with Gasteiger partial charge in [0.1, 0.15) is 5.75 Å². The van der Waals surface area contributed by atoms with Crippen molar-refractivity contribution in [2.45, 2.75) is 32.6 Å². The first-order chi connectivity index (χ1) is 9.30. The first-order valence-corrected chi connectivity index (χ1v) is 9.88. The minimum absolute atomic E-state index is 0.00285. The fraction of sp³-hybridized carbons (Fsp3) is 0.571. The molecule has 112 valence electrons. The molecule has 1 fully saturated rings. The van der Waals surface area contributed by atoms with Gasteiger partial charge < -0.3 is 4.74 Å². The van der Waals surface area contributed by atoms with E-state index in [0.29, 0.717) is 6.61 Å². The number of halogens is 2. The highest BCUT2D eigenvalue weighted by Gasteiger charge is 2.38. The van der Waals surface area contributed by atoms with Crippen LogP contribution >= 0.6 is 26.6 Å². The van der Waals surface area contributed by atoms with Crippen LogP contribution in [0.25, 0.3) is 0 Å². The highest BCUT2D eigenvalue weighted by atomic mass is 79.9. The van der Waals surface area contributed by atoms with Crippen LogP contribution in [0.1, 0.15) is 31.2 Å². The Hall–Kier alpha value is -0.260. The Kier molecular flexibility index (Phi) is 5.03. The molecule has 0 heterocycles. The topological polar surface area (TPSA) is 43.4 Å². The van der Waals surface area contributed by atoms with E-state index in [4.69, 9.17) is 15.4 Å². The summed E-state index contributed by atoms with van der Waals surface area (Å²) in [5, 5.41) is 0. The fourth-order valence-electron chi connectivity index (χ4n) is 2.83. The summed E-state index contributed by atoms with van der Waals surface area (Å²) in [6.07, 6.45) is 3.78. The number of hydrogen-bond donors (Lipinski definition) is 0. The average molecular weight is 382 g/mol. The van der Waals surface area contributed by atoms with Crippen molar-refractivity contribution in [1.29, 1.82) is 0 Å². The monoisotopic (exact) mass is 380 g/mol. The average Bonchev–Trinajstić information content (AvgIpc) is 2.74. The standard InChI is InChI=1S/C14H18BrClO3S/c1-11-8-12(15)4-5-13(11)19-9-14(6-2-3-7-14)10-20(16,17)18/h4-5,8H,2-3,6-7,9-10H2,1H3. The quantitative estimate of drug-likeness (QED) is 0.716. The molecular weight excluding hydrogens is 364 g/mol. The van der Waals surface area contributed by atoms with Crippen molar-refractivity contribution in [3.63, 3.8) is 0 Å². The van der Waals surface area contributed by atoms with Gasteiger partial charge >= 0.3 is 0 Å². The highest BCUT2D eigenvalue weighted by Crippen LogP contribution is 2.40. The fourth-order valence-corrected chi connectivity index (χ4v) is 5.10. The summed E-state index contributed by atoms with van der Waals surface area (Å²) in [5.41, 5.74) is 0.696. The van der Waals surface area contributed by atoms with Crippen molar-refractivity contribution >= 4 is 35.7 Å². The van der Waals surface area contributed by atoms with Crippen LogP contribution in [0.2, 0.25) is 0 Å². The predicted molar refractivity (Wildman–Crippen MR) is 84.9 cm³/mol. The summed E-state index contributed by atoms with van der Waals surface area (Å²) < 4.78 is 29.7. The first kappa shape index (κ1) is 16.1. The minimum atomic E-state index is -3.50. The lowest BCUT2D eigenvalue weighted by molar-refractivity contribution is 0.170. The van der Waals surface area contributed by atoms with Gasteiger partial charge in [0.2, 0.25) is 9.05 Å². The Morgan fingerprint density at radius 1 is 1.35 bits per heavy atom. The van der Waals surface area contributed by atoms with Crippen molar-refractivity contribution < 1.29 is 13.2 Å². The molecule has 1 aliphatic carbocycles. The van der Waals surface area contributed by atoms with Crippen molar-refractivity contribution in [3.8, 4) is 5.75 Å². The van der Waals surface area contributed by atoms with Crippen LogP contribution in [0.5, 0.6) is 5.75 Å². The Bertz CT molecular complexity index is 580. The van der Waals surface area contributed by atoms with Crippen LogP contribution in [0.3, 0.4) is 0 Å². The summed E-state index contributed by atoms with van der Waals surface area (Å²) in [7, 11) is 1.94. The second-order valence-electron chi connectivity index (χ2n) is 5.59. The summed E-state index contributed by atoms with van der Waals surface area (Å²) in [6, 6.07) is 5.80. The number of aryl methyl sites for hydroxylation is 1. The van der Waals surface area contributed by atoms with Gasteiger partial charge in [-0.25, -0.2) is 8.42 Å². The zero-order valence-electron chi connectivity index (χ0n) is 11.4. The Labute approximate surface area is 133 Å². The van der Waals surface area contributed by atoms with Crippen LogP contribution in [-0.4, -0.2) is 20.8 Å². The first-order valence-electron chi connectivity index (χ1n) is 6.61. The van der Waals surface area contributed by atoms with E-state index in [1.165, 1.54) is 0 Å². The van der Waals surface area contributed by atoms with Crippen molar-refractivity contribution in [3.05, 3.63) is 28.2 Å². The van der Waals surface area contributed by atoms with Gasteiger partial charge in [-0.3, -0.25) is 0 Å². The summed E-state index contributed by atoms with van der Waals surface area (Å²) in [5.74, 6) is 0.795. The van der Waals surface area contributed by atoms with Gasteiger partial charge in [-0.05, 0) is 43.5 Å². The van der Waals surface area contributed by atoms with Gasteiger partial charge in [0, 0.05) is 20.6 Å². The summed E-state index contributed by atoms with van der Waals surface area (Å²) in [4.78, 5) is 0. The van der Waals surface area contributed by atoms with E-state index in [0.717, 1.165) is 41.5 Å². The number of hydrogen-bond acceptors (Lipinski definition) is 3. The molecule has 1 aromatic rings. The maximum atomic E-state index is 11.4. The molecule has 1 saturated carbocycles. The van der Waals surface area contributed by atoms with Crippen molar-refractivity contribution in [2.24, 2.45) is 5.41 Å². The molecule has 0 spiro atoms. The summed E-state index contributed by atoms with van der Waals surface area (Å²) in [6.45, 7) is 2.38. The van der Waals surface area contributed by atoms with E-state index in [1.54, 1.807) is 0 Å². The molecule has 3 nitrogen and oxygen atoms in total. The van der Waals surface area contributed by atoms with E-state index in [2.05, 4.69) is 15.9 Å². The lowest BCUT2D eigenvalue weighted by Crippen LogP contribution is -2.32. The van der Waals surface area contributed by atoms with Crippen LogP contribution in [0.15, 0.2) is 22.7 Å². The SMILES string of the molecule is Cc1cc(Br)ccc1OCC1(CS(=O)(=O)Cl)CCCC1. The molecular formula is C14H18BrClO3S. The molecule has 0 amide bonds. The van der Waals surface area contributed by atoms with Crippen LogP contribution in [-0.2, 0) is 9.05 Å². The van der Waals surface area contributed by atoms with Gasteiger partial charge in [0.15, 0.2) is 0 Å². The molecule has 0 atom stereocenters. The Balaban J connectivity index is 2.09. The zero-order valence-corrected chi connectivity index (χ0v) is 14.5. The van der Waals surface area contributed by atoms with Crippen LogP contribution in [0.4, 0.5) is 0 Å². The Morgan fingerprint density at radius 2 is 2.00 bits per heavy atom. The number of ether oxygens (including phenoxy) is 1. The second-order valence-corrected chi connectivity index (χ2v) is 9.28. The maximum absolute atomic E-state index is 11.4. The molecule has 0 saturated heterocycles. The van der Waals surface area contributed by atoms with Crippen molar-refractivity contribution in [1.82, 2.24) is 0 Å². The lowest BCUT2D eigenvalue weighted by Gasteiger charge is -2.27. The van der Waals surface area contributed by atoms with Crippen LogP contribution < -0.4 is 4.74 Å². The second kappa shape index (κ2) is 6.24. The largest absolute Gasteiger partial charge is 0.493 e.